The van der Waals surface area contributed by atoms with Crippen molar-refractivity contribution in [2.24, 2.45) is 0 Å². The van der Waals surface area contributed by atoms with Crippen molar-refractivity contribution >= 4 is 11.9 Å². The van der Waals surface area contributed by atoms with Gasteiger partial charge in [-0.2, -0.15) is 5.10 Å². The van der Waals surface area contributed by atoms with Gasteiger partial charge in [0.25, 0.3) is 0 Å². The van der Waals surface area contributed by atoms with Crippen molar-refractivity contribution in [2.75, 3.05) is 19.0 Å². The van der Waals surface area contributed by atoms with E-state index < -0.39 is 11.7 Å². The summed E-state index contributed by atoms with van der Waals surface area (Å²) in [6.45, 7) is 7.08. The minimum Gasteiger partial charge on any atom is -0.444 e. The zero-order valence-corrected chi connectivity index (χ0v) is 13.0. The van der Waals surface area contributed by atoms with Crippen molar-refractivity contribution in [3.63, 3.8) is 0 Å². The minimum atomic E-state index is -0.518. The predicted molar refractivity (Wildman–Crippen MR) is 79.3 cm³/mol. The molecule has 0 radical (unpaired) electrons. The Hall–Kier alpha value is -1.60. The molecule has 2 N–H and O–H groups in total. The van der Waals surface area contributed by atoms with Gasteiger partial charge in [0.1, 0.15) is 5.60 Å². The molecule has 7 nitrogen and oxygen atoms in total. The first-order valence-corrected chi connectivity index (χ1v) is 7.15. The van der Waals surface area contributed by atoms with Crippen LogP contribution in [0.25, 0.3) is 0 Å². The van der Waals surface area contributed by atoms with Gasteiger partial charge >= 0.3 is 6.09 Å². The Kier molecular flexibility index (Phi) is 4.84. The molecule has 2 atom stereocenters. The average Bonchev–Trinajstić information content (AvgIpc) is 2.97. The van der Waals surface area contributed by atoms with Crippen LogP contribution in [0.1, 0.15) is 27.2 Å². The number of hydrogen-bond acceptors (Lipinski definition) is 5. The van der Waals surface area contributed by atoms with E-state index in [4.69, 9.17) is 9.47 Å². The standard InChI is InChI=1S/C14H24N4O3/c1-14(2,3)21-13(19)16-12-5-6-18(17-12)9-10-7-11(20-4)8-15-10/h5-6,10-11,15H,7-9H2,1-4H3,(H,16,17,19)/t10-,11+/m0/s1. The van der Waals surface area contributed by atoms with E-state index in [0.29, 0.717) is 11.9 Å². The van der Waals surface area contributed by atoms with Gasteiger partial charge in [-0.3, -0.25) is 10.00 Å². The maximum atomic E-state index is 11.7. The fourth-order valence-electron chi connectivity index (χ4n) is 2.26. The predicted octanol–water partition coefficient (Wildman–Crippen LogP) is 1.61. The van der Waals surface area contributed by atoms with Crippen LogP contribution in [0.2, 0.25) is 0 Å². The van der Waals surface area contributed by atoms with Crippen LogP contribution in [0.3, 0.4) is 0 Å². The molecule has 1 saturated heterocycles. The van der Waals surface area contributed by atoms with Gasteiger partial charge in [0.05, 0.1) is 12.6 Å². The maximum absolute atomic E-state index is 11.7. The van der Waals surface area contributed by atoms with E-state index in [0.717, 1.165) is 19.5 Å². The lowest BCUT2D eigenvalue weighted by molar-refractivity contribution is 0.0635. The number of anilines is 1. The number of carbonyl (C=O) groups excluding carboxylic acids is 1. The molecule has 0 saturated carbocycles. The molecule has 1 amide bonds. The topological polar surface area (TPSA) is 77.4 Å². The number of aromatic nitrogens is 2. The van der Waals surface area contributed by atoms with Crippen molar-refractivity contribution in [3.8, 4) is 0 Å². The van der Waals surface area contributed by atoms with Gasteiger partial charge in [-0.05, 0) is 27.2 Å². The van der Waals surface area contributed by atoms with Crippen molar-refractivity contribution in [1.82, 2.24) is 15.1 Å². The van der Waals surface area contributed by atoms with Gasteiger partial charge < -0.3 is 14.8 Å². The molecule has 2 heterocycles. The second-order valence-electron chi connectivity index (χ2n) is 6.25. The third kappa shape index (κ3) is 5.02. The monoisotopic (exact) mass is 296 g/mol. The van der Waals surface area contributed by atoms with Crippen LogP contribution in [0, 0.1) is 0 Å². The molecule has 1 aliphatic rings. The minimum absolute atomic E-state index is 0.268. The van der Waals surface area contributed by atoms with Crippen LogP contribution in [-0.4, -0.2) is 47.3 Å². The molecular weight excluding hydrogens is 272 g/mol. The van der Waals surface area contributed by atoms with Crippen molar-refractivity contribution in [2.45, 2.75) is 51.5 Å². The molecule has 0 aliphatic carbocycles. The first-order chi connectivity index (χ1) is 9.85. The van der Waals surface area contributed by atoms with Crippen LogP contribution in [0.4, 0.5) is 10.6 Å². The summed E-state index contributed by atoms with van der Waals surface area (Å²) < 4.78 is 12.3. The lowest BCUT2D eigenvalue weighted by atomic mass is 10.2. The van der Waals surface area contributed by atoms with E-state index in [1.165, 1.54) is 0 Å². The number of nitrogens with one attached hydrogen (secondary N) is 2. The summed E-state index contributed by atoms with van der Waals surface area (Å²) in [5.41, 5.74) is -0.518. The van der Waals surface area contributed by atoms with Crippen LogP contribution in [0.5, 0.6) is 0 Å². The maximum Gasteiger partial charge on any atom is 0.413 e. The summed E-state index contributed by atoms with van der Waals surface area (Å²) in [7, 11) is 1.73. The first-order valence-electron chi connectivity index (χ1n) is 7.15. The Balaban J connectivity index is 1.83. The Morgan fingerprint density at radius 3 is 2.95 bits per heavy atom. The summed E-state index contributed by atoms with van der Waals surface area (Å²) in [6, 6.07) is 2.09. The summed E-state index contributed by atoms with van der Waals surface area (Å²) in [5.74, 6) is 0.491. The highest BCUT2D eigenvalue weighted by Crippen LogP contribution is 2.13. The van der Waals surface area contributed by atoms with E-state index in [9.17, 15) is 4.79 Å². The number of rotatable bonds is 4. The third-order valence-electron chi connectivity index (χ3n) is 3.19. The smallest absolute Gasteiger partial charge is 0.413 e. The average molecular weight is 296 g/mol. The molecule has 1 aliphatic heterocycles. The fraction of sp³-hybridized carbons (Fsp3) is 0.714. The molecule has 0 bridgehead atoms. The van der Waals surface area contributed by atoms with Crippen LogP contribution in [0.15, 0.2) is 12.3 Å². The van der Waals surface area contributed by atoms with Gasteiger partial charge in [-0.1, -0.05) is 0 Å². The number of nitrogens with zero attached hydrogens (tertiary/aromatic N) is 2. The summed E-state index contributed by atoms with van der Waals surface area (Å²) >= 11 is 0. The second kappa shape index (κ2) is 6.44. The highest BCUT2D eigenvalue weighted by Gasteiger charge is 2.24. The van der Waals surface area contributed by atoms with E-state index in [2.05, 4.69) is 15.7 Å². The van der Waals surface area contributed by atoms with Crippen molar-refractivity contribution in [1.29, 1.82) is 0 Å². The molecule has 2 rings (SSSR count). The lowest BCUT2D eigenvalue weighted by Gasteiger charge is -2.19. The molecule has 0 aromatic carbocycles. The lowest BCUT2D eigenvalue weighted by Crippen LogP contribution is -2.28. The second-order valence-corrected chi connectivity index (χ2v) is 6.25. The Bertz CT molecular complexity index is 481. The van der Waals surface area contributed by atoms with E-state index >= 15 is 0 Å². The normalized spacial score (nSPS) is 22.3. The number of amides is 1. The number of ether oxygens (including phenoxy) is 2. The number of hydrogen-bond donors (Lipinski definition) is 2. The molecular formula is C14H24N4O3. The highest BCUT2D eigenvalue weighted by atomic mass is 16.6. The molecule has 0 unspecified atom stereocenters. The third-order valence-corrected chi connectivity index (χ3v) is 3.19. The quantitative estimate of drug-likeness (QED) is 0.882. The summed E-state index contributed by atoms with van der Waals surface area (Å²) in [4.78, 5) is 11.7. The Morgan fingerprint density at radius 1 is 1.57 bits per heavy atom. The zero-order valence-electron chi connectivity index (χ0n) is 13.0. The molecule has 1 fully saturated rings. The summed E-state index contributed by atoms with van der Waals surface area (Å²) in [5, 5.41) is 10.3. The Morgan fingerprint density at radius 2 is 2.33 bits per heavy atom. The van der Waals surface area contributed by atoms with E-state index in [1.54, 1.807) is 13.2 Å². The van der Waals surface area contributed by atoms with E-state index in [-0.39, 0.29) is 6.10 Å². The SMILES string of the molecule is CO[C@H]1CN[C@H](Cn2ccc(NC(=O)OC(C)(C)C)n2)C1. The number of methoxy groups -OCH3 is 1. The zero-order chi connectivity index (χ0) is 15.5. The summed E-state index contributed by atoms with van der Waals surface area (Å²) in [6.07, 6.45) is 2.58. The first kappa shape index (κ1) is 15.8. The van der Waals surface area contributed by atoms with Gasteiger partial charge in [0.2, 0.25) is 0 Å². The fourth-order valence-corrected chi connectivity index (χ4v) is 2.26. The van der Waals surface area contributed by atoms with Crippen LogP contribution < -0.4 is 10.6 Å². The van der Waals surface area contributed by atoms with Gasteiger partial charge in [0, 0.05) is 32.0 Å². The van der Waals surface area contributed by atoms with Crippen LogP contribution in [-0.2, 0) is 16.0 Å². The molecule has 21 heavy (non-hydrogen) atoms. The molecule has 118 valence electrons. The molecule has 1 aromatic rings. The van der Waals surface area contributed by atoms with Crippen LogP contribution >= 0.6 is 0 Å². The largest absolute Gasteiger partial charge is 0.444 e. The van der Waals surface area contributed by atoms with Crippen molar-refractivity contribution in [3.05, 3.63) is 12.3 Å². The van der Waals surface area contributed by atoms with Crippen molar-refractivity contribution < 1.29 is 14.3 Å². The molecule has 7 heteroatoms. The molecule has 0 spiro atoms. The highest BCUT2D eigenvalue weighted by molar-refractivity contribution is 5.83. The van der Waals surface area contributed by atoms with E-state index in [1.807, 2.05) is 31.6 Å². The van der Waals surface area contributed by atoms with Gasteiger partial charge in [-0.15, -0.1) is 0 Å². The Labute approximate surface area is 125 Å². The number of carbonyl (C=O) groups is 1. The molecule has 1 aromatic heterocycles. The van der Waals surface area contributed by atoms with Gasteiger partial charge in [0.15, 0.2) is 5.82 Å². The van der Waals surface area contributed by atoms with Gasteiger partial charge in [-0.25, -0.2) is 4.79 Å².